The molecule has 6 heterocycles. The Labute approximate surface area is 252 Å². The average molecular weight is 609 g/mol. The van der Waals surface area contributed by atoms with Gasteiger partial charge in [-0.2, -0.15) is 18.4 Å². The maximum Gasteiger partial charge on any atom is 0.393 e. The molecule has 4 aromatic rings. The number of halogens is 3. The maximum atomic E-state index is 13.0. The summed E-state index contributed by atoms with van der Waals surface area (Å²) in [6.45, 7) is 9.33. The maximum absolute atomic E-state index is 13.0. The fourth-order valence-electron chi connectivity index (χ4n) is 7.23. The molecule has 0 saturated carbocycles. The molecule has 3 fully saturated rings. The molecule has 0 N–H and O–H groups in total. The van der Waals surface area contributed by atoms with E-state index in [1.165, 1.54) is 22.8 Å². The lowest BCUT2D eigenvalue weighted by molar-refractivity contribution is -0.126. The Morgan fingerprint density at radius 1 is 1.14 bits per heavy atom. The highest BCUT2D eigenvalue weighted by atomic mass is 32.1. The van der Waals surface area contributed by atoms with Crippen molar-refractivity contribution in [1.29, 1.82) is 5.26 Å². The van der Waals surface area contributed by atoms with E-state index in [2.05, 4.69) is 55.5 Å². The van der Waals surface area contributed by atoms with Gasteiger partial charge in [0.2, 0.25) is 0 Å². The summed E-state index contributed by atoms with van der Waals surface area (Å²) in [6, 6.07) is 10.5. The molecular formula is C32H35F3N6OS. The van der Waals surface area contributed by atoms with E-state index in [0.717, 1.165) is 112 Å². The number of hydrogen-bond acceptors (Lipinski definition) is 7. The topological polar surface area (TPSA) is 70.2 Å². The lowest BCUT2D eigenvalue weighted by Gasteiger charge is -2.54. The largest absolute Gasteiger partial charge is 0.393 e. The third-order valence-electron chi connectivity index (χ3n) is 9.76. The summed E-state index contributed by atoms with van der Waals surface area (Å²) >= 11 is 1.10. The van der Waals surface area contributed by atoms with Gasteiger partial charge < -0.3 is 14.2 Å². The zero-order valence-corrected chi connectivity index (χ0v) is 25.1. The molecule has 0 radical (unpaired) electrons. The van der Waals surface area contributed by atoms with Crippen molar-refractivity contribution >= 4 is 38.3 Å². The molecule has 0 aliphatic carbocycles. The standard InChI is InChI=1S/C32H35F3N6OS/c1-21-23(2-3-28-26(21)12-24(15-36)41(28)8-4-22-5-11-42-17-22)16-39-9-6-31(7-10-39)18-40(19-31)29-27-13-25(14-32(33,34)35)43-30(27)38-20-37-29/h2-3,12-13,20,22H,4-11,14,16-19H2,1H3/t22-/m0/s1. The number of rotatable bonds is 7. The molecule has 0 bridgehead atoms. The Kier molecular flexibility index (Phi) is 7.35. The summed E-state index contributed by atoms with van der Waals surface area (Å²) in [7, 11) is 0. The van der Waals surface area contributed by atoms with Crippen LogP contribution in [0.4, 0.5) is 19.0 Å². The summed E-state index contributed by atoms with van der Waals surface area (Å²) in [5, 5.41) is 11.7. The highest BCUT2D eigenvalue weighted by molar-refractivity contribution is 7.18. The minimum Gasteiger partial charge on any atom is -0.381 e. The van der Waals surface area contributed by atoms with Crippen LogP contribution in [-0.4, -0.2) is 65.0 Å². The summed E-state index contributed by atoms with van der Waals surface area (Å²) in [5.41, 5.74) is 4.64. The number of fused-ring (bicyclic) bond motifs is 2. The molecular weight excluding hydrogens is 573 g/mol. The first-order valence-electron chi connectivity index (χ1n) is 15.1. The Balaban J connectivity index is 0.987. The van der Waals surface area contributed by atoms with Gasteiger partial charge in [-0.1, -0.05) is 6.07 Å². The van der Waals surface area contributed by atoms with Crippen molar-refractivity contribution in [2.45, 2.75) is 58.3 Å². The van der Waals surface area contributed by atoms with Crippen molar-refractivity contribution < 1.29 is 17.9 Å². The molecule has 0 unspecified atom stereocenters. The van der Waals surface area contributed by atoms with Crippen LogP contribution in [0.1, 0.15) is 47.4 Å². The molecule has 3 aliphatic heterocycles. The highest BCUT2D eigenvalue weighted by Crippen LogP contribution is 2.45. The van der Waals surface area contributed by atoms with E-state index in [1.54, 1.807) is 6.07 Å². The van der Waals surface area contributed by atoms with Crippen molar-refractivity contribution in [3.63, 3.8) is 0 Å². The van der Waals surface area contributed by atoms with Gasteiger partial charge in [0.15, 0.2) is 0 Å². The summed E-state index contributed by atoms with van der Waals surface area (Å²) < 4.78 is 46.6. The van der Waals surface area contributed by atoms with Gasteiger partial charge in [0.05, 0.1) is 11.8 Å². The fourth-order valence-corrected chi connectivity index (χ4v) is 8.26. The molecule has 0 amide bonds. The molecule has 3 aromatic heterocycles. The van der Waals surface area contributed by atoms with Gasteiger partial charge in [0.1, 0.15) is 28.7 Å². The molecule has 1 aromatic carbocycles. The first-order chi connectivity index (χ1) is 20.7. The van der Waals surface area contributed by atoms with Crippen LogP contribution in [0.25, 0.3) is 21.1 Å². The Morgan fingerprint density at radius 2 is 1.95 bits per heavy atom. The van der Waals surface area contributed by atoms with E-state index in [-0.39, 0.29) is 10.3 Å². The molecule has 7 rings (SSSR count). The Hall–Kier alpha value is -3.20. The number of benzene rings is 1. The lowest BCUT2D eigenvalue weighted by Crippen LogP contribution is -2.60. The van der Waals surface area contributed by atoms with Crippen LogP contribution in [0, 0.1) is 29.6 Å². The van der Waals surface area contributed by atoms with Crippen LogP contribution in [0.15, 0.2) is 30.6 Å². The number of thiophene rings is 1. The predicted octanol–water partition coefficient (Wildman–Crippen LogP) is 6.46. The minimum atomic E-state index is -4.23. The molecule has 1 atom stereocenters. The van der Waals surface area contributed by atoms with Crippen LogP contribution < -0.4 is 4.90 Å². The van der Waals surface area contributed by atoms with Crippen LogP contribution in [-0.2, 0) is 24.2 Å². The van der Waals surface area contributed by atoms with Crippen LogP contribution in [0.5, 0.6) is 0 Å². The van der Waals surface area contributed by atoms with Gasteiger partial charge in [-0.15, -0.1) is 11.3 Å². The quantitative estimate of drug-likeness (QED) is 0.240. The average Bonchev–Trinajstić information content (AvgIpc) is 3.70. The van der Waals surface area contributed by atoms with Crippen LogP contribution in [0.3, 0.4) is 0 Å². The van der Waals surface area contributed by atoms with Crippen LogP contribution >= 0.6 is 11.3 Å². The second kappa shape index (κ2) is 11.1. The third kappa shape index (κ3) is 5.61. The van der Waals surface area contributed by atoms with E-state index >= 15 is 0 Å². The lowest BCUT2D eigenvalue weighted by atomic mass is 9.72. The minimum absolute atomic E-state index is 0.223. The van der Waals surface area contributed by atoms with Gasteiger partial charge in [-0.05, 0) is 80.9 Å². The molecule has 226 valence electrons. The first kappa shape index (κ1) is 28.6. The van der Waals surface area contributed by atoms with E-state index in [9.17, 15) is 18.4 Å². The second-order valence-corrected chi connectivity index (χ2v) is 13.8. The Bertz CT molecular complexity index is 1680. The van der Waals surface area contributed by atoms with Crippen molar-refractivity contribution in [2.24, 2.45) is 11.3 Å². The molecule has 11 heteroatoms. The van der Waals surface area contributed by atoms with Crippen molar-refractivity contribution in [3.8, 4) is 6.07 Å². The molecule has 7 nitrogen and oxygen atoms in total. The summed E-state index contributed by atoms with van der Waals surface area (Å²) in [6.07, 6.45) is 0.607. The summed E-state index contributed by atoms with van der Waals surface area (Å²) in [4.78, 5) is 14.3. The Morgan fingerprint density at radius 3 is 2.67 bits per heavy atom. The zero-order valence-electron chi connectivity index (χ0n) is 24.3. The number of nitriles is 1. The number of aromatic nitrogens is 3. The number of likely N-dealkylation sites (tertiary alicyclic amines) is 1. The molecule has 1 spiro atoms. The van der Waals surface area contributed by atoms with Gasteiger partial charge in [0, 0.05) is 60.6 Å². The van der Waals surface area contributed by atoms with Gasteiger partial charge in [0.25, 0.3) is 0 Å². The second-order valence-electron chi connectivity index (χ2n) is 12.6. The number of alkyl halides is 3. The summed E-state index contributed by atoms with van der Waals surface area (Å²) in [5.74, 6) is 1.33. The SMILES string of the molecule is Cc1c(CN2CCC3(CC2)CN(c2ncnc4sc(CC(F)(F)F)cc24)C3)ccc2c1cc(C#N)n2CC[C@H]1CCOC1. The van der Waals surface area contributed by atoms with Crippen LogP contribution in [0.2, 0.25) is 0 Å². The number of hydrogen-bond donors (Lipinski definition) is 0. The first-order valence-corrected chi connectivity index (χ1v) is 15.9. The van der Waals surface area contributed by atoms with Gasteiger partial charge >= 0.3 is 6.18 Å². The number of anilines is 1. The van der Waals surface area contributed by atoms with E-state index in [0.29, 0.717) is 10.7 Å². The predicted molar refractivity (Wildman–Crippen MR) is 161 cm³/mol. The fraction of sp³-hybridized carbons (Fsp3) is 0.531. The number of piperidine rings is 1. The smallest absolute Gasteiger partial charge is 0.381 e. The van der Waals surface area contributed by atoms with E-state index in [4.69, 9.17) is 4.74 Å². The highest BCUT2D eigenvalue weighted by Gasteiger charge is 2.46. The van der Waals surface area contributed by atoms with Crippen molar-refractivity contribution in [1.82, 2.24) is 19.4 Å². The van der Waals surface area contributed by atoms with Gasteiger partial charge in [-0.25, -0.2) is 9.97 Å². The number of ether oxygens (including phenoxy) is 1. The number of nitrogens with zero attached hydrogens (tertiary/aromatic N) is 6. The monoisotopic (exact) mass is 608 g/mol. The van der Waals surface area contributed by atoms with Crippen molar-refractivity contribution in [2.75, 3.05) is 44.3 Å². The van der Waals surface area contributed by atoms with Gasteiger partial charge in [-0.3, -0.25) is 4.90 Å². The van der Waals surface area contributed by atoms with E-state index < -0.39 is 12.6 Å². The normalized spacial score (nSPS) is 20.7. The molecule has 3 saturated heterocycles. The zero-order chi connectivity index (χ0) is 29.8. The van der Waals surface area contributed by atoms with Crippen molar-refractivity contribution in [3.05, 3.63) is 52.3 Å². The molecule has 3 aliphatic rings. The van der Waals surface area contributed by atoms with E-state index in [1.807, 2.05) is 0 Å². The number of aryl methyl sites for hydroxylation is 2. The third-order valence-corrected chi connectivity index (χ3v) is 10.8. The molecule has 43 heavy (non-hydrogen) atoms.